The molecule has 0 atom stereocenters. The van der Waals surface area contributed by atoms with Gasteiger partial charge in [0.25, 0.3) is 0 Å². The molecule has 0 spiro atoms. The van der Waals surface area contributed by atoms with Gasteiger partial charge in [-0.3, -0.25) is 0 Å². The summed E-state index contributed by atoms with van der Waals surface area (Å²) in [4.78, 5) is 0. The predicted molar refractivity (Wildman–Crippen MR) is 53.4 cm³/mol. The van der Waals surface area contributed by atoms with Crippen LogP contribution in [0, 0.1) is 0 Å². The van der Waals surface area contributed by atoms with E-state index >= 15 is 0 Å². The average Bonchev–Trinajstić information content (AvgIpc) is 1.54. The third-order valence-electron chi connectivity index (χ3n) is 0. The van der Waals surface area contributed by atoms with Crippen molar-refractivity contribution in [3.05, 3.63) is 0 Å². The number of aliphatic hydroxyl groups excluding tert-OH is 1. The molecule has 4 heteroatoms. The van der Waals surface area contributed by atoms with Crippen molar-refractivity contribution < 1.29 is 15.3 Å². The molecule has 0 aliphatic carbocycles. The molecule has 0 saturated carbocycles. The molecule has 13 heavy (non-hydrogen) atoms. The Bertz CT molecular complexity index is 43.4. The van der Waals surface area contributed by atoms with Gasteiger partial charge in [0.2, 0.25) is 0 Å². The van der Waals surface area contributed by atoms with Crippen LogP contribution in [-0.2, 0) is 0 Å². The second-order valence-corrected chi connectivity index (χ2v) is 3.19. The molecule has 0 aromatic rings. The predicted octanol–water partition coefficient (Wildman–Crippen LogP) is -0.483. The van der Waals surface area contributed by atoms with E-state index < -0.39 is 12.2 Å². The smallest absolute Gasteiger partial charge is 0.852 e. The van der Waals surface area contributed by atoms with Crippen molar-refractivity contribution in [3.8, 4) is 0 Å². The van der Waals surface area contributed by atoms with E-state index in [1.807, 2.05) is 0 Å². The Kier molecular flexibility index (Phi) is 35.2. The van der Waals surface area contributed by atoms with Gasteiger partial charge in [-0.25, -0.2) is 0 Å². The van der Waals surface area contributed by atoms with Crippen LogP contribution in [0.25, 0.3) is 0 Å². The molecule has 0 amide bonds. The van der Waals surface area contributed by atoms with E-state index in [4.69, 9.17) is 5.11 Å². The van der Waals surface area contributed by atoms with Crippen molar-refractivity contribution >= 4 is 48.9 Å². The molecule has 0 rings (SSSR count). The molecule has 0 saturated heterocycles. The summed E-state index contributed by atoms with van der Waals surface area (Å²) in [6.45, 7) is 9.89. The fourth-order valence-electron chi connectivity index (χ4n) is 0. The van der Waals surface area contributed by atoms with Crippen LogP contribution in [0.3, 0.4) is 0 Å². The molecule has 3 nitrogen and oxygen atoms in total. The van der Waals surface area contributed by atoms with Crippen molar-refractivity contribution in [1.29, 1.82) is 0 Å². The molecular formula is C9H22BaO3. The zero-order chi connectivity index (χ0) is 10.7. The summed E-state index contributed by atoms with van der Waals surface area (Å²) >= 11 is 0. The molecule has 0 fully saturated rings. The van der Waals surface area contributed by atoms with Crippen LogP contribution in [0.4, 0.5) is 0 Å². The van der Waals surface area contributed by atoms with Gasteiger partial charge < -0.3 is 15.3 Å². The minimum atomic E-state index is -0.417. The van der Waals surface area contributed by atoms with E-state index in [9.17, 15) is 10.2 Å². The van der Waals surface area contributed by atoms with Gasteiger partial charge in [0.1, 0.15) is 0 Å². The minimum absolute atomic E-state index is 0. The average molecular weight is 316 g/mol. The van der Waals surface area contributed by atoms with Crippen molar-refractivity contribution in [3.63, 3.8) is 0 Å². The fraction of sp³-hybridized carbons (Fsp3) is 1.00. The monoisotopic (exact) mass is 316 g/mol. The molecule has 0 aliphatic rings. The van der Waals surface area contributed by atoms with Crippen molar-refractivity contribution in [2.45, 2.75) is 59.9 Å². The van der Waals surface area contributed by atoms with E-state index in [0.717, 1.165) is 0 Å². The standard InChI is InChI=1S/C3H8O.2C3H7O.Ba/c3*1-3(2)4;/h3-4H,1-2H3;2*3H,1-2H3;/q;2*-1;+2. The van der Waals surface area contributed by atoms with Gasteiger partial charge in [-0.1, -0.05) is 27.7 Å². The second-order valence-electron chi connectivity index (χ2n) is 3.19. The summed E-state index contributed by atoms with van der Waals surface area (Å²) in [6, 6.07) is 0. The maximum atomic E-state index is 9.53. The Labute approximate surface area is 123 Å². The Morgan fingerprint density at radius 3 is 0.769 bits per heavy atom. The van der Waals surface area contributed by atoms with Crippen LogP contribution in [-0.4, -0.2) is 72.3 Å². The van der Waals surface area contributed by atoms with Crippen molar-refractivity contribution in [1.82, 2.24) is 0 Å². The maximum Gasteiger partial charge on any atom is 2.00 e. The van der Waals surface area contributed by atoms with Gasteiger partial charge >= 0.3 is 48.9 Å². The first-order valence-corrected chi connectivity index (χ1v) is 4.19. The van der Waals surface area contributed by atoms with Crippen LogP contribution in [0.5, 0.6) is 0 Å². The van der Waals surface area contributed by atoms with Crippen LogP contribution < -0.4 is 10.2 Å². The number of rotatable bonds is 0. The molecule has 0 heterocycles. The first-order chi connectivity index (χ1) is 5.20. The molecule has 1 N–H and O–H groups in total. The number of hydrogen-bond acceptors (Lipinski definition) is 3. The molecule has 78 valence electrons. The molecule has 0 aliphatic heterocycles. The minimum Gasteiger partial charge on any atom is -0.852 e. The van der Waals surface area contributed by atoms with Gasteiger partial charge in [-0.05, 0) is 13.8 Å². The Morgan fingerprint density at radius 2 is 0.769 bits per heavy atom. The Morgan fingerprint density at radius 1 is 0.769 bits per heavy atom. The van der Waals surface area contributed by atoms with Gasteiger partial charge in [0, 0.05) is 6.10 Å². The van der Waals surface area contributed by atoms with E-state index in [-0.39, 0.29) is 55.0 Å². The fourth-order valence-corrected chi connectivity index (χ4v) is 0. The molecule has 0 bridgehead atoms. The number of hydrogen-bond donors (Lipinski definition) is 1. The van der Waals surface area contributed by atoms with E-state index in [2.05, 4.69) is 0 Å². The third-order valence-corrected chi connectivity index (χ3v) is 0. The van der Waals surface area contributed by atoms with Crippen LogP contribution in [0.15, 0.2) is 0 Å². The molecule has 0 aromatic carbocycles. The van der Waals surface area contributed by atoms with Crippen LogP contribution >= 0.6 is 0 Å². The summed E-state index contributed by atoms with van der Waals surface area (Å²) < 4.78 is 0. The Hall–Kier alpha value is 1.45. The summed E-state index contributed by atoms with van der Waals surface area (Å²) in [6.07, 6.45) is -1.00. The van der Waals surface area contributed by atoms with Crippen LogP contribution in [0.1, 0.15) is 41.5 Å². The summed E-state index contributed by atoms with van der Waals surface area (Å²) in [5.74, 6) is 0. The van der Waals surface area contributed by atoms with Gasteiger partial charge in [-0.2, -0.15) is 0 Å². The van der Waals surface area contributed by atoms with Gasteiger partial charge in [-0.15, -0.1) is 12.2 Å². The molecule has 0 radical (unpaired) electrons. The maximum absolute atomic E-state index is 9.53. The van der Waals surface area contributed by atoms with Crippen molar-refractivity contribution in [2.75, 3.05) is 0 Å². The number of aliphatic hydroxyl groups is 1. The first-order valence-electron chi connectivity index (χ1n) is 4.19. The molecule has 0 aromatic heterocycles. The zero-order valence-corrected chi connectivity index (χ0v) is 14.1. The Balaban J connectivity index is -0.0000000450. The van der Waals surface area contributed by atoms with Crippen LogP contribution in [0.2, 0.25) is 0 Å². The third kappa shape index (κ3) is 837. The van der Waals surface area contributed by atoms with E-state index in [1.54, 1.807) is 41.5 Å². The van der Waals surface area contributed by atoms with Gasteiger partial charge in [0.05, 0.1) is 0 Å². The molecule has 0 unspecified atom stereocenters. The zero-order valence-electron chi connectivity index (χ0n) is 9.70. The topological polar surface area (TPSA) is 66.3 Å². The SMILES string of the molecule is CC(C)O.CC(C)[O-].CC(C)[O-].[Ba+2]. The molecular weight excluding hydrogens is 293 g/mol. The van der Waals surface area contributed by atoms with E-state index in [0.29, 0.717) is 0 Å². The summed E-state index contributed by atoms with van der Waals surface area (Å²) in [7, 11) is 0. The van der Waals surface area contributed by atoms with Gasteiger partial charge in [0.15, 0.2) is 0 Å². The second kappa shape index (κ2) is 19.1. The normalized spacial score (nSPS) is 8.31. The first kappa shape index (κ1) is 23.9. The summed E-state index contributed by atoms with van der Waals surface area (Å²) in [5.41, 5.74) is 0. The van der Waals surface area contributed by atoms with Crippen molar-refractivity contribution in [2.24, 2.45) is 0 Å². The summed E-state index contributed by atoms with van der Waals surface area (Å²) in [5, 5.41) is 27.1. The van der Waals surface area contributed by atoms with E-state index in [1.165, 1.54) is 0 Å². The largest absolute Gasteiger partial charge is 2.00 e. The quantitative estimate of drug-likeness (QED) is 0.614.